The minimum Gasteiger partial charge on any atom is -0.310 e. The van der Waals surface area contributed by atoms with E-state index in [2.05, 4.69) is 20.6 Å². The number of rotatable bonds is 10. The predicted octanol–water partition coefficient (Wildman–Crippen LogP) is 2.09. The lowest BCUT2D eigenvalue weighted by atomic mass is 10.3. The predicted molar refractivity (Wildman–Crippen MR) is 89.2 cm³/mol. The smallest absolute Gasteiger partial charge is 0.0541 e. The van der Waals surface area contributed by atoms with Gasteiger partial charge in [0.05, 0.1) is 11.4 Å². The van der Waals surface area contributed by atoms with Crippen molar-refractivity contribution in [3.63, 3.8) is 0 Å². The molecule has 0 unspecified atom stereocenters. The van der Waals surface area contributed by atoms with Crippen LogP contribution in [0, 0.1) is 0 Å². The van der Waals surface area contributed by atoms with Crippen LogP contribution in [0.4, 0.5) is 0 Å². The number of pyridine rings is 2. The first-order valence-corrected chi connectivity index (χ1v) is 8.39. The van der Waals surface area contributed by atoms with E-state index in [0.29, 0.717) is 0 Å². The van der Waals surface area contributed by atoms with Crippen molar-refractivity contribution in [2.45, 2.75) is 13.1 Å². The van der Waals surface area contributed by atoms with Crippen molar-refractivity contribution in [1.29, 1.82) is 0 Å². The van der Waals surface area contributed by atoms with Crippen LogP contribution in [-0.2, 0) is 13.1 Å². The van der Waals surface area contributed by atoms with E-state index in [1.807, 2.05) is 60.6 Å². The van der Waals surface area contributed by atoms with E-state index in [1.165, 1.54) is 0 Å². The van der Waals surface area contributed by atoms with Crippen LogP contribution in [0.15, 0.2) is 48.8 Å². The Labute approximate surface area is 130 Å². The molecule has 0 saturated heterocycles. The largest absolute Gasteiger partial charge is 0.310 e. The molecule has 5 heteroatoms. The molecule has 0 aliphatic heterocycles. The van der Waals surface area contributed by atoms with Gasteiger partial charge < -0.3 is 10.6 Å². The van der Waals surface area contributed by atoms with Crippen LogP contribution in [0.1, 0.15) is 11.4 Å². The van der Waals surface area contributed by atoms with Crippen LogP contribution >= 0.6 is 11.8 Å². The second-order valence-corrected chi connectivity index (χ2v) is 5.83. The molecule has 0 atom stereocenters. The van der Waals surface area contributed by atoms with Gasteiger partial charge in [0.1, 0.15) is 0 Å². The van der Waals surface area contributed by atoms with Crippen molar-refractivity contribution < 1.29 is 0 Å². The topological polar surface area (TPSA) is 49.8 Å². The molecule has 0 aliphatic carbocycles. The summed E-state index contributed by atoms with van der Waals surface area (Å²) in [6.07, 6.45) is 3.66. The van der Waals surface area contributed by atoms with E-state index in [4.69, 9.17) is 0 Å². The van der Waals surface area contributed by atoms with Gasteiger partial charge in [0, 0.05) is 50.1 Å². The summed E-state index contributed by atoms with van der Waals surface area (Å²) >= 11 is 1.96. The number of nitrogens with zero attached hydrogens (tertiary/aromatic N) is 2. The molecule has 2 aromatic rings. The van der Waals surface area contributed by atoms with Gasteiger partial charge in [-0.1, -0.05) is 12.1 Å². The fourth-order valence-electron chi connectivity index (χ4n) is 1.83. The molecule has 0 spiro atoms. The molecule has 0 saturated carbocycles. The third kappa shape index (κ3) is 7.22. The Bertz CT molecular complexity index is 433. The molecule has 2 heterocycles. The Kier molecular flexibility index (Phi) is 7.84. The maximum atomic E-state index is 4.28. The average molecular weight is 302 g/mol. The summed E-state index contributed by atoms with van der Waals surface area (Å²) in [6.45, 7) is 3.72. The highest BCUT2D eigenvalue weighted by molar-refractivity contribution is 7.99. The quantitative estimate of drug-likeness (QED) is 0.658. The summed E-state index contributed by atoms with van der Waals surface area (Å²) in [5.74, 6) is 2.25. The normalized spacial score (nSPS) is 10.7. The van der Waals surface area contributed by atoms with Gasteiger partial charge in [-0.25, -0.2) is 0 Å². The standard InChI is InChI=1S/C16H22N4S/c1-3-7-19-15(5-1)13-17-9-11-21-12-10-18-14-16-6-2-4-8-20-16/h1-8,17-18H,9-14H2. The Morgan fingerprint density at radius 2 is 1.29 bits per heavy atom. The van der Waals surface area contributed by atoms with Crippen LogP contribution in [0.3, 0.4) is 0 Å². The van der Waals surface area contributed by atoms with Crippen LogP contribution in [0.2, 0.25) is 0 Å². The Balaban J connectivity index is 1.40. The summed E-state index contributed by atoms with van der Waals surface area (Å²) < 4.78 is 0. The van der Waals surface area contributed by atoms with Gasteiger partial charge >= 0.3 is 0 Å². The van der Waals surface area contributed by atoms with Crippen molar-refractivity contribution in [2.75, 3.05) is 24.6 Å². The Morgan fingerprint density at radius 3 is 1.71 bits per heavy atom. The van der Waals surface area contributed by atoms with E-state index in [-0.39, 0.29) is 0 Å². The number of hydrogen-bond donors (Lipinski definition) is 2. The number of aromatic nitrogens is 2. The lowest BCUT2D eigenvalue weighted by Gasteiger charge is -2.05. The zero-order valence-corrected chi connectivity index (χ0v) is 13.0. The fourth-order valence-corrected chi connectivity index (χ4v) is 2.61. The van der Waals surface area contributed by atoms with E-state index in [9.17, 15) is 0 Å². The van der Waals surface area contributed by atoms with Crippen LogP contribution in [-0.4, -0.2) is 34.6 Å². The molecule has 0 amide bonds. The summed E-state index contributed by atoms with van der Waals surface area (Å²) in [4.78, 5) is 8.56. The third-order valence-electron chi connectivity index (χ3n) is 2.91. The lowest BCUT2D eigenvalue weighted by Crippen LogP contribution is -2.20. The highest BCUT2D eigenvalue weighted by Crippen LogP contribution is 1.98. The molecular weight excluding hydrogens is 280 g/mol. The van der Waals surface area contributed by atoms with E-state index < -0.39 is 0 Å². The van der Waals surface area contributed by atoms with Gasteiger partial charge in [0.2, 0.25) is 0 Å². The first kappa shape index (κ1) is 15.9. The highest BCUT2D eigenvalue weighted by Gasteiger charge is 1.94. The van der Waals surface area contributed by atoms with Crippen molar-refractivity contribution in [2.24, 2.45) is 0 Å². The number of hydrogen-bond acceptors (Lipinski definition) is 5. The van der Waals surface area contributed by atoms with Crippen LogP contribution in [0.5, 0.6) is 0 Å². The molecule has 0 aliphatic rings. The zero-order valence-electron chi connectivity index (χ0n) is 12.2. The second kappa shape index (κ2) is 10.3. The van der Waals surface area contributed by atoms with E-state index in [0.717, 1.165) is 49.1 Å². The fraction of sp³-hybridized carbons (Fsp3) is 0.375. The first-order chi connectivity index (χ1) is 10.4. The molecule has 0 radical (unpaired) electrons. The van der Waals surface area contributed by atoms with E-state index >= 15 is 0 Å². The molecule has 0 fully saturated rings. The highest BCUT2D eigenvalue weighted by atomic mass is 32.2. The maximum absolute atomic E-state index is 4.28. The molecule has 0 bridgehead atoms. The molecule has 2 rings (SSSR count). The van der Waals surface area contributed by atoms with Crippen molar-refractivity contribution in [1.82, 2.24) is 20.6 Å². The average Bonchev–Trinajstić information content (AvgIpc) is 2.55. The second-order valence-electron chi connectivity index (χ2n) is 4.61. The first-order valence-electron chi connectivity index (χ1n) is 7.24. The summed E-state index contributed by atoms with van der Waals surface area (Å²) in [5.41, 5.74) is 2.19. The minimum atomic E-state index is 0.847. The summed E-state index contributed by atoms with van der Waals surface area (Å²) in [6, 6.07) is 12.0. The molecule has 4 nitrogen and oxygen atoms in total. The SMILES string of the molecule is c1ccc(CNCCSCCNCc2ccccn2)nc1. The monoisotopic (exact) mass is 302 g/mol. The van der Waals surface area contributed by atoms with Gasteiger partial charge in [-0.15, -0.1) is 0 Å². The third-order valence-corrected chi connectivity index (χ3v) is 3.90. The van der Waals surface area contributed by atoms with Gasteiger partial charge in [0.15, 0.2) is 0 Å². The maximum Gasteiger partial charge on any atom is 0.0541 e. The summed E-state index contributed by atoms with van der Waals surface area (Å²) in [7, 11) is 0. The van der Waals surface area contributed by atoms with Gasteiger partial charge in [-0.2, -0.15) is 11.8 Å². The number of thioether (sulfide) groups is 1. The van der Waals surface area contributed by atoms with Gasteiger partial charge in [0.25, 0.3) is 0 Å². The molecular formula is C16H22N4S. The Morgan fingerprint density at radius 1 is 0.762 bits per heavy atom. The van der Waals surface area contributed by atoms with Crippen molar-refractivity contribution in [3.05, 3.63) is 60.2 Å². The molecule has 21 heavy (non-hydrogen) atoms. The molecule has 2 aromatic heterocycles. The summed E-state index contributed by atoms with van der Waals surface area (Å²) in [5, 5.41) is 6.81. The van der Waals surface area contributed by atoms with Gasteiger partial charge in [-0.05, 0) is 24.3 Å². The van der Waals surface area contributed by atoms with Gasteiger partial charge in [-0.3, -0.25) is 9.97 Å². The Hall–Kier alpha value is -1.43. The van der Waals surface area contributed by atoms with Crippen molar-refractivity contribution in [3.8, 4) is 0 Å². The van der Waals surface area contributed by atoms with Crippen LogP contribution < -0.4 is 10.6 Å². The molecule has 112 valence electrons. The number of nitrogens with one attached hydrogen (secondary N) is 2. The molecule has 0 aromatic carbocycles. The zero-order chi connectivity index (χ0) is 14.6. The lowest BCUT2D eigenvalue weighted by molar-refractivity contribution is 0.708. The molecule has 2 N–H and O–H groups in total. The van der Waals surface area contributed by atoms with Crippen molar-refractivity contribution >= 4 is 11.8 Å². The van der Waals surface area contributed by atoms with E-state index in [1.54, 1.807) is 0 Å². The minimum absolute atomic E-state index is 0.847. The van der Waals surface area contributed by atoms with Crippen LogP contribution in [0.25, 0.3) is 0 Å².